The fourth-order valence-electron chi connectivity index (χ4n) is 3.96. The number of hydrogen-bond donors (Lipinski definition) is 0. The van der Waals surface area contributed by atoms with E-state index in [1.165, 1.54) is 0 Å². The molecule has 3 rings (SSSR count). The van der Waals surface area contributed by atoms with Crippen molar-refractivity contribution in [1.29, 1.82) is 5.26 Å². The Bertz CT molecular complexity index is 810. The van der Waals surface area contributed by atoms with Gasteiger partial charge in [0.2, 0.25) is 0 Å². The van der Waals surface area contributed by atoms with Crippen molar-refractivity contribution in [1.82, 2.24) is 0 Å². The summed E-state index contributed by atoms with van der Waals surface area (Å²) < 4.78 is 5.66. The number of carbonyl (C=O) groups is 1. The predicted molar refractivity (Wildman–Crippen MR) is 102 cm³/mol. The maximum Gasteiger partial charge on any atom is 0.161 e. The fraction of sp³-hybridized carbons (Fsp3) is 0.500. The molecule has 1 aromatic rings. The second kappa shape index (κ2) is 7.07. The van der Waals surface area contributed by atoms with Crippen LogP contribution in [0.4, 0.5) is 0 Å². The van der Waals surface area contributed by atoms with Crippen LogP contribution in [0.25, 0.3) is 0 Å². The van der Waals surface area contributed by atoms with E-state index in [1.54, 1.807) is 0 Å². The Morgan fingerprint density at radius 2 is 1.96 bits per heavy atom. The van der Waals surface area contributed by atoms with Crippen LogP contribution in [0.2, 0.25) is 0 Å². The van der Waals surface area contributed by atoms with Crippen LogP contribution in [0.5, 0.6) is 5.75 Å². The van der Waals surface area contributed by atoms with Gasteiger partial charge < -0.3 is 4.74 Å². The first-order valence-electron chi connectivity index (χ1n) is 9.30. The molecule has 0 aromatic heterocycles. The van der Waals surface area contributed by atoms with Gasteiger partial charge in [0, 0.05) is 29.3 Å². The molecule has 2 atom stereocenters. The van der Waals surface area contributed by atoms with E-state index in [9.17, 15) is 10.1 Å². The van der Waals surface area contributed by atoms with E-state index >= 15 is 0 Å². The molecule has 0 radical (unpaired) electrons. The molecule has 0 fully saturated rings. The number of nitriles is 1. The van der Waals surface area contributed by atoms with E-state index in [2.05, 4.69) is 31.8 Å². The van der Waals surface area contributed by atoms with Crippen LogP contribution in [0.3, 0.4) is 0 Å². The van der Waals surface area contributed by atoms with Crippen molar-refractivity contribution in [2.45, 2.75) is 52.9 Å². The summed E-state index contributed by atoms with van der Waals surface area (Å²) in [6.07, 6.45) is 2.24. The standard InChI is InChI=1S/C22H26N2O2/c1-5-10-26-16-8-6-15(7-9-16)20-17(13-23)14(2)24-18-11-22(3,4)12-19(25)21(18)20/h6-9,17,20H,5,10-12H2,1-4H3/t17?,20-/m1/s1. The lowest BCUT2D eigenvalue weighted by molar-refractivity contribution is -0.118. The first kappa shape index (κ1) is 18.4. The average molecular weight is 350 g/mol. The van der Waals surface area contributed by atoms with Crippen LogP contribution in [-0.2, 0) is 4.79 Å². The van der Waals surface area contributed by atoms with Gasteiger partial charge in [-0.1, -0.05) is 32.9 Å². The Kier molecular flexibility index (Phi) is 5.00. The maximum absolute atomic E-state index is 12.9. The smallest absolute Gasteiger partial charge is 0.161 e. The molecular formula is C22H26N2O2. The maximum atomic E-state index is 12.9. The van der Waals surface area contributed by atoms with Crippen molar-refractivity contribution < 1.29 is 9.53 Å². The summed E-state index contributed by atoms with van der Waals surface area (Å²) in [5.74, 6) is 0.303. The van der Waals surface area contributed by atoms with Gasteiger partial charge in [-0.3, -0.25) is 9.79 Å². The van der Waals surface area contributed by atoms with Gasteiger partial charge in [0.15, 0.2) is 5.78 Å². The topological polar surface area (TPSA) is 62.4 Å². The molecule has 1 heterocycles. The van der Waals surface area contributed by atoms with Crippen molar-refractivity contribution in [3.05, 3.63) is 41.1 Å². The van der Waals surface area contributed by atoms with Crippen LogP contribution in [0.1, 0.15) is 58.4 Å². The summed E-state index contributed by atoms with van der Waals surface area (Å²) in [7, 11) is 0. The second-order valence-corrected chi connectivity index (χ2v) is 8.06. The lowest BCUT2D eigenvalue weighted by atomic mass is 9.67. The monoisotopic (exact) mass is 350 g/mol. The number of Topliss-reactive ketones (excluding diaryl/α,β-unsaturated/α-hetero) is 1. The van der Waals surface area contributed by atoms with Crippen LogP contribution in [-0.4, -0.2) is 18.1 Å². The zero-order valence-corrected chi connectivity index (χ0v) is 16.0. The molecule has 0 N–H and O–H groups in total. The number of benzene rings is 1. The summed E-state index contributed by atoms with van der Waals surface area (Å²) >= 11 is 0. The van der Waals surface area contributed by atoms with Gasteiger partial charge in [0.25, 0.3) is 0 Å². The van der Waals surface area contributed by atoms with Crippen LogP contribution >= 0.6 is 0 Å². The molecule has 1 aromatic carbocycles. The number of nitrogens with zero attached hydrogens (tertiary/aromatic N) is 2. The molecule has 1 unspecified atom stereocenters. The Morgan fingerprint density at radius 1 is 1.27 bits per heavy atom. The molecule has 0 saturated carbocycles. The van der Waals surface area contributed by atoms with E-state index in [1.807, 2.05) is 31.2 Å². The Morgan fingerprint density at radius 3 is 2.58 bits per heavy atom. The molecule has 0 amide bonds. The zero-order chi connectivity index (χ0) is 18.9. The van der Waals surface area contributed by atoms with Crippen molar-refractivity contribution in [2.75, 3.05) is 6.61 Å². The zero-order valence-electron chi connectivity index (χ0n) is 16.0. The summed E-state index contributed by atoms with van der Waals surface area (Å²) in [5, 5.41) is 9.75. The number of hydrogen-bond acceptors (Lipinski definition) is 4. The Labute approximate surface area is 155 Å². The third-order valence-electron chi connectivity index (χ3n) is 5.15. The number of ketones is 1. The molecule has 4 nitrogen and oxygen atoms in total. The van der Waals surface area contributed by atoms with Crippen molar-refractivity contribution >= 4 is 11.5 Å². The molecule has 0 saturated heterocycles. The Balaban J connectivity index is 2.03. The minimum Gasteiger partial charge on any atom is -0.494 e. The molecule has 4 heteroatoms. The van der Waals surface area contributed by atoms with E-state index < -0.39 is 5.92 Å². The number of rotatable bonds is 4. The van der Waals surface area contributed by atoms with E-state index in [0.717, 1.165) is 41.1 Å². The predicted octanol–water partition coefficient (Wildman–Crippen LogP) is 4.82. The van der Waals surface area contributed by atoms with Gasteiger partial charge in [-0.15, -0.1) is 0 Å². The molecular weight excluding hydrogens is 324 g/mol. The van der Waals surface area contributed by atoms with Gasteiger partial charge >= 0.3 is 0 Å². The number of ether oxygens (including phenoxy) is 1. The summed E-state index contributed by atoms with van der Waals surface area (Å²) in [5.41, 5.74) is 3.31. The first-order valence-corrected chi connectivity index (χ1v) is 9.30. The van der Waals surface area contributed by atoms with Crippen molar-refractivity contribution in [3.8, 4) is 11.8 Å². The first-order chi connectivity index (χ1) is 12.4. The SMILES string of the molecule is CCCOc1ccc([C@H]2C3=C(CC(C)(C)CC3=O)N=C(C)C2C#N)cc1. The second-order valence-electron chi connectivity index (χ2n) is 8.06. The molecule has 2 aliphatic rings. The van der Waals surface area contributed by atoms with Crippen LogP contribution in [0.15, 0.2) is 40.5 Å². The molecule has 0 bridgehead atoms. The van der Waals surface area contributed by atoms with E-state index in [-0.39, 0.29) is 17.1 Å². The largest absolute Gasteiger partial charge is 0.494 e. The normalized spacial score (nSPS) is 24.6. The van der Waals surface area contributed by atoms with Gasteiger partial charge in [-0.05, 0) is 42.9 Å². The number of allylic oxidation sites excluding steroid dienone is 2. The number of carbonyl (C=O) groups excluding carboxylic acids is 1. The van der Waals surface area contributed by atoms with Crippen LogP contribution < -0.4 is 4.74 Å². The van der Waals surface area contributed by atoms with E-state index in [0.29, 0.717) is 13.0 Å². The van der Waals surface area contributed by atoms with E-state index in [4.69, 9.17) is 4.74 Å². The van der Waals surface area contributed by atoms with Crippen LogP contribution in [0, 0.1) is 22.7 Å². The highest BCUT2D eigenvalue weighted by atomic mass is 16.5. The Hall–Kier alpha value is -2.41. The molecule has 136 valence electrons. The minimum absolute atomic E-state index is 0.0818. The quantitative estimate of drug-likeness (QED) is 0.782. The lowest BCUT2D eigenvalue weighted by Gasteiger charge is -2.37. The molecule has 1 aliphatic carbocycles. The van der Waals surface area contributed by atoms with Crippen molar-refractivity contribution in [3.63, 3.8) is 0 Å². The molecule has 26 heavy (non-hydrogen) atoms. The lowest BCUT2D eigenvalue weighted by Crippen LogP contribution is -2.35. The third-order valence-corrected chi connectivity index (χ3v) is 5.15. The highest BCUT2D eigenvalue weighted by molar-refractivity contribution is 6.03. The van der Waals surface area contributed by atoms with Gasteiger partial charge in [-0.2, -0.15) is 5.26 Å². The summed E-state index contributed by atoms with van der Waals surface area (Å²) in [6.45, 7) is 8.85. The number of aliphatic imine (C=N–C) groups is 1. The minimum atomic E-state index is -0.402. The third kappa shape index (κ3) is 3.44. The highest BCUT2D eigenvalue weighted by Crippen LogP contribution is 2.47. The average Bonchev–Trinajstić information content (AvgIpc) is 2.58. The highest BCUT2D eigenvalue weighted by Gasteiger charge is 2.43. The van der Waals surface area contributed by atoms with Crippen molar-refractivity contribution in [2.24, 2.45) is 16.3 Å². The fourth-order valence-corrected chi connectivity index (χ4v) is 3.96. The summed E-state index contributed by atoms with van der Waals surface area (Å²) in [6, 6.07) is 10.2. The summed E-state index contributed by atoms with van der Waals surface area (Å²) in [4.78, 5) is 17.6. The molecule has 1 aliphatic heterocycles. The molecule has 0 spiro atoms. The van der Waals surface area contributed by atoms with Gasteiger partial charge in [0.05, 0.1) is 18.6 Å². The van der Waals surface area contributed by atoms with Gasteiger partial charge in [0.1, 0.15) is 5.75 Å². The van der Waals surface area contributed by atoms with Gasteiger partial charge in [-0.25, -0.2) is 0 Å².